The number of anilines is 10. The number of nitrogens with zero attached hydrogens (tertiary/aromatic N) is 9. The molecule has 0 spiro atoms. The van der Waals surface area contributed by atoms with Gasteiger partial charge in [-0.25, -0.2) is 24.9 Å². The summed E-state index contributed by atoms with van der Waals surface area (Å²) in [5.74, 6) is 4.48. The van der Waals surface area contributed by atoms with Crippen LogP contribution in [0, 0.1) is 13.8 Å². The van der Waals surface area contributed by atoms with E-state index in [-0.39, 0.29) is 39.0 Å². The Morgan fingerprint density at radius 2 is 0.914 bits per heavy atom. The van der Waals surface area contributed by atoms with Gasteiger partial charge in [0.2, 0.25) is 11.9 Å². The van der Waals surface area contributed by atoms with Crippen molar-refractivity contribution < 1.29 is 4.79 Å². The number of amides is 1. The summed E-state index contributed by atoms with van der Waals surface area (Å²) in [5.41, 5.74) is 15.2. The van der Waals surface area contributed by atoms with Gasteiger partial charge in [0, 0.05) is 130 Å². The van der Waals surface area contributed by atoms with Gasteiger partial charge in [0.1, 0.15) is 29.1 Å². The third-order valence-electron chi connectivity index (χ3n) is 24.1. The maximum Gasteiger partial charge on any atom is 0.272 e. The molecule has 11 aromatic heterocycles. The molecular formula is C90H103N31O6S. The molecule has 0 saturated heterocycles. The number of benzene rings is 6. The highest BCUT2D eigenvalue weighted by Crippen LogP contribution is 2.40. The summed E-state index contributed by atoms with van der Waals surface area (Å²) >= 11 is 1.71. The number of thiazole rings is 1. The van der Waals surface area contributed by atoms with Crippen LogP contribution in [0.15, 0.2) is 182 Å². The summed E-state index contributed by atoms with van der Waals surface area (Å²) in [7, 11) is 1.98. The third kappa shape index (κ3) is 20.3. The Balaban J connectivity index is 0.000000108. The number of primary amides is 1. The molecule has 22 rings (SSSR count). The van der Waals surface area contributed by atoms with Crippen LogP contribution in [-0.4, -0.2) is 160 Å². The first-order chi connectivity index (χ1) is 62.4. The van der Waals surface area contributed by atoms with Gasteiger partial charge < -0.3 is 58.2 Å². The number of nitrogens with two attached hydrogens (primary N) is 1. The lowest BCUT2D eigenvalue weighted by molar-refractivity contribution is 0.100. The molecule has 0 aliphatic heterocycles. The molecule has 8 unspecified atom stereocenters. The van der Waals surface area contributed by atoms with Crippen LogP contribution in [-0.2, 0) is 7.05 Å². The second kappa shape index (κ2) is 37.8. The Hall–Kier alpha value is -15.0. The fourth-order valence-corrected chi connectivity index (χ4v) is 18.5. The Morgan fingerprint density at radius 1 is 0.438 bits per heavy atom. The standard InChI is InChI=1S/C19H15N9O2.C19H24N6O.C18H21N5O.C17H22N6O.C17H21N5OS/c1-8-21-19(28-25-8)24-16-9-4-2-3-5-11(9)22-17(23-16)10-6-7-12-14(13(10)15(20)29)18(30)27-26-12;26-19-15-7-6-14(9-17(15)23-25-19)20-12-2-1-3-13(8-12)21-18-10-16(22-24-18)11-4-5-11;24-18-15-8-7-14(11-16(15)22-23-18)20-12-4-3-5-13(10-12)21-17-6-1-2-9-19-17;1-23-9-16(18-10-23)20-12-4-2-3-11(7-12)19-13-5-6-14-15(8-13)21-22-17(14)24;1-10-9-18-17(24-10)20-12-4-2-3-11(7-12)19-13-5-6-14-15(8-13)21-22-16(14)23/h2-7H,1H3,(H2,20,29)(H2,26,27,30)(H2,21,22,23,24,25,28);6-7,9-13,20H,1-5,8H2,(H2,21,22,24)(H2,23,25,26);1-2,6-9,11-13,20H,3-5,10H2,(H,19,21)(H2,22,23,24);5-6,8-12,19-20H,2-4,7H2,1H3,(H2,21,22,24);5-6,8-9,11-12,19H,2-4,7H2,1H3,(H,18,20)(H2,21,22,23). The van der Waals surface area contributed by atoms with Gasteiger partial charge >= 0.3 is 0 Å². The lowest BCUT2D eigenvalue weighted by atomic mass is 9.90. The number of hydrogen-bond acceptors (Lipinski definition) is 24. The summed E-state index contributed by atoms with van der Waals surface area (Å²) in [6, 6.07) is 45.6. The fourth-order valence-electron chi connectivity index (χ4n) is 17.8. The van der Waals surface area contributed by atoms with E-state index in [0.717, 1.165) is 124 Å². The van der Waals surface area contributed by atoms with Gasteiger partial charge in [-0.15, -0.1) is 16.4 Å². The molecule has 5 aliphatic rings. The summed E-state index contributed by atoms with van der Waals surface area (Å²) in [4.78, 5) is 98.6. The number of fused-ring (bicyclic) bond motifs is 6. The molecule has 0 bridgehead atoms. The highest BCUT2D eigenvalue weighted by Gasteiger charge is 2.30. The maximum absolute atomic E-state index is 12.3. The van der Waals surface area contributed by atoms with E-state index in [9.17, 15) is 28.8 Å². The Labute approximate surface area is 734 Å². The smallest absolute Gasteiger partial charge is 0.272 e. The van der Waals surface area contributed by atoms with Crippen molar-refractivity contribution in [2.75, 3.05) is 47.9 Å². The second-order valence-corrected chi connectivity index (χ2v) is 35.0. The van der Waals surface area contributed by atoms with E-state index >= 15 is 0 Å². The molecule has 5 aliphatic carbocycles. The third-order valence-corrected chi connectivity index (χ3v) is 25.0. The van der Waals surface area contributed by atoms with Crippen LogP contribution in [0.25, 0.3) is 76.8 Å². The zero-order chi connectivity index (χ0) is 87.7. The average Bonchev–Trinajstić information content (AvgIpc) is 1.28. The van der Waals surface area contributed by atoms with Gasteiger partial charge in [-0.05, 0) is 239 Å². The molecule has 5 saturated carbocycles. The van der Waals surface area contributed by atoms with Crippen LogP contribution in [0.3, 0.4) is 0 Å². The first-order valence-corrected chi connectivity index (χ1v) is 44.5. The van der Waals surface area contributed by atoms with Gasteiger partial charge in [0.15, 0.2) is 11.0 Å². The number of aromatic nitrogens is 21. The normalized spacial score (nSPS) is 19.1. The minimum Gasteiger partial charge on any atom is -0.382 e. The van der Waals surface area contributed by atoms with Crippen molar-refractivity contribution in [2.45, 2.75) is 184 Å². The number of carbonyl (C=O) groups is 1. The molecule has 8 atom stereocenters. The zero-order valence-corrected chi connectivity index (χ0v) is 71.7. The molecule has 0 radical (unpaired) electrons. The highest BCUT2D eigenvalue weighted by molar-refractivity contribution is 7.15. The lowest BCUT2D eigenvalue weighted by Crippen LogP contribution is -2.34. The summed E-state index contributed by atoms with van der Waals surface area (Å²) in [6.07, 6.45) is 28.4. The van der Waals surface area contributed by atoms with Crippen LogP contribution >= 0.6 is 11.3 Å². The van der Waals surface area contributed by atoms with Crippen molar-refractivity contribution in [3.63, 3.8) is 0 Å². The number of rotatable bonds is 21. The van der Waals surface area contributed by atoms with E-state index in [4.69, 9.17) is 5.73 Å². The van der Waals surface area contributed by atoms with Gasteiger partial charge in [-0.3, -0.25) is 90.0 Å². The van der Waals surface area contributed by atoms with Crippen LogP contribution in [0.4, 0.5) is 57.1 Å². The van der Waals surface area contributed by atoms with E-state index in [0.29, 0.717) is 110 Å². The molecule has 17 aromatic rings. The fraction of sp³-hybridized carbons (Fsp3) is 0.333. The molecule has 5 fully saturated rings. The van der Waals surface area contributed by atoms with Gasteiger partial charge in [-0.1, -0.05) is 18.2 Å². The van der Waals surface area contributed by atoms with Crippen molar-refractivity contribution in [3.05, 3.63) is 232 Å². The van der Waals surface area contributed by atoms with Crippen molar-refractivity contribution in [1.29, 1.82) is 0 Å². The number of carbonyl (C=O) groups excluding carboxylic acids is 1. The number of pyridine rings is 1. The first kappa shape index (κ1) is 83.9. The Bertz CT molecular complexity index is 6880. The molecule has 1 amide bonds. The number of H-pyrrole nitrogens is 12. The number of aryl methyl sites for hydroxylation is 3. The van der Waals surface area contributed by atoms with E-state index < -0.39 is 11.5 Å². The van der Waals surface area contributed by atoms with Crippen LogP contribution in [0.5, 0.6) is 0 Å². The molecule has 6 aromatic carbocycles. The SMILES string of the molecule is Cc1cnc(NC2CCCC(Nc3ccc4c(=O)[nH][nH]c4c3)C2)s1.Cc1nc(Nc2nc(-c3ccc4[nH][nH]c(=O)c4c3C(N)=O)nc3ccccc23)n[nH]1.Cn1cnc(NC2CCCC(Nc3ccc4c(=O)[nH][nH]c4c3)C2)c1.O=c1[nH][nH]c2cc(NC3CCCC(Nc4cc(C5CC5)[nH]n4)C3)ccc12.O=c1[nH][nH]c2cc(NC3CCCC(Nc4ccccn4)C3)ccc12. The van der Waals surface area contributed by atoms with Crippen LogP contribution < -0.4 is 81.4 Å². The Kier molecular flexibility index (Phi) is 24.8. The molecule has 38 heteroatoms. The van der Waals surface area contributed by atoms with Gasteiger partial charge in [0.05, 0.1) is 71.9 Å². The van der Waals surface area contributed by atoms with E-state index in [1.54, 1.807) is 30.4 Å². The van der Waals surface area contributed by atoms with Crippen molar-refractivity contribution >= 4 is 140 Å². The van der Waals surface area contributed by atoms with E-state index in [2.05, 4.69) is 162 Å². The van der Waals surface area contributed by atoms with Gasteiger partial charge in [-0.2, -0.15) is 10.1 Å². The van der Waals surface area contributed by atoms with Crippen molar-refractivity contribution in [3.8, 4) is 11.4 Å². The van der Waals surface area contributed by atoms with E-state index in [1.165, 1.54) is 74.8 Å². The monoisotopic (exact) mass is 1750 g/mol. The summed E-state index contributed by atoms with van der Waals surface area (Å²) in [6.45, 7) is 3.86. The molecule has 128 heavy (non-hydrogen) atoms. The Morgan fingerprint density at radius 3 is 1.38 bits per heavy atom. The van der Waals surface area contributed by atoms with Gasteiger partial charge in [0.25, 0.3) is 27.8 Å². The van der Waals surface area contributed by atoms with Crippen LogP contribution in [0.2, 0.25) is 0 Å². The lowest BCUT2D eigenvalue weighted by Gasteiger charge is -2.31. The molecule has 660 valence electrons. The number of para-hydroxylation sites is 1. The second-order valence-electron chi connectivity index (χ2n) is 33.8. The number of aromatic amines is 12. The minimum atomic E-state index is -0.753. The zero-order valence-electron chi connectivity index (χ0n) is 70.9. The highest BCUT2D eigenvalue weighted by atomic mass is 32.1. The first-order valence-electron chi connectivity index (χ1n) is 43.6. The van der Waals surface area contributed by atoms with Crippen LogP contribution in [0.1, 0.15) is 148 Å². The molecule has 37 nitrogen and oxygen atoms in total. The van der Waals surface area contributed by atoms with Crippen molar-refractivity contribution in [1.82, 2.24) is 106 Å². The number of nitrogens with one attached hydrogen (secondary N) is 21. The number of hydrogen-bond donors (Lipinski definition) is 22. The topological polar surface area (TPSA) is 534 Å². The largest absolute Gasteiger partial charge is 0.382 e. The minimum absolute atomic E-state index is 0.0463. The maximum atomic E-state index is 12.3. The molecular weight excluding hydrogens is 1640 g/mol. The molecule has 11 heterocycles. The predicted octanol–water partition coefficient (Wildman–Crippen LogP) is 14.0. The molecule has 23 N–H and O–H groups in total. The summed E-state index contributed by atoms with van der Waals surface area (Å²) < 4.78 is 1.95. The quantitative estimate of drug-likeness (QED) is 0.0318. The predicted molar refractivity (Wildman–Crippen MR) is 504 cm³/mol. The van der Waals surface area contributed by atoms with Crippen molar-refractivity contribution in [2.24, 2.45) is 12.8 Å². The average molecular weight is 1750 g/mol. The number of imidazole rings is 1. The van der Waals surface area contributed by atoms with E-state index in [1.807, 2.05) is 152 Å². The summed E-state index contributed by atoms with van der Waals surface area (Å²) in [5, 5.41) is 78.2.